The first-order valence-electron chi connectivity index (χ1n) is 7.94. The summed E-state index contributed by atoms with van der Waals surface area (Å²) < 4.78 is 5.39. The van der Waals surface area contributed by atoms with Gasteiger partial charge in [-0.05, 0) is 23.1 Å². The number of ether oxygens (including phenoxy) is 1. The number of hydrogen-bond donors (Lipinski definition) is 0. The molecule has 4 rings (SSSR count). The number of cyclic esters (lactones) is 1. The molecule has 3 nitrogen and oxygen atoms in total. The van der Waals surface area contributed by atoms with Crippen LogP contribution < -0.4 is 0 Å². The Labute approximate surface area is 136 Å². The molecule has 2 atom stereocenters. The second-order valence-electron chi connectivity index (χ2n) is 6.35. The Hall–Kier alpha value is -2.55. The lowest BCUT2D eigenvalue weighted by molar-refractivity contribution is 0.141. The number of benzene rings is 2. The van der Waals surface area contributed by atoms with Gasteiger partial charge in [0.2, 0.25) is 0 Å². The molecule has 0 aromatic heterocycles. The fourth-order valence-corrected chi connectivity index (χ4v) is 3.59. The van der Waals surface area contributed by atoms with E-state index in [-0.39, 0.29) is 17.7 Å². The molecule has 2 aromatic carbocycles. The van der Waals surface area contributed by atoms with Crippen LogP contribution >= 0.6 is 0 Å². The van der Waals surface area contributed by atoms with Crippen LogP contribution in [0.2, 0.25) is 0 Å². The molecule has 0 spiro atoms. The minimum atomic E-state index is -0.296. The largest absolute Gasteiger partial charge is 0.447 e. The van der Waals surface area contributed by atoms with E-state index in [0.29, 0.717) is 6.61 Å². The van der Waals surface area contributed by atoms with E-state index in [1.165, 1.54) is 5.56 Å². The Morgan fingerprint density at radius 2 is 1.70 bits per heavy atom. The van der Waals surface area contributed by atoms with E-state index in [0.717, 1.165) is 24.0 Å². The molecule has 23 heavy (non-hydrogen) atoms. The highest BCUT2D eigenvalue weighted by molar-refractivity contribution is 5.74. The van der Waals surface area contributed by atoms with Crippen molar-refractivity contribution in [2.24, 2.45) is 0 Å². The summed E-state index contributed by atoms with van der Waals surface area (Å²) in [7, 11) is 0. The van der Waals surface area contributed by atoms with Crippen LogP contribution in [0.15, 0.2) is 72.8 Å². The molecule has 1 saturated heterocycles. The zero-order chi connectivity index (χ0) is 15.9. The third-order valence-electron chi connectivity index (χ3n) is 4.90. The summed E-state index contributed by atoms with van der Waals surface area (Å²) in [5.74, 6) is 0. The third-order valence-corrected chi connectivity index (χ3v) is 4.90. The summed E-state index contributed by atoms with van der Waals surface area (Å²) in [6.07, 6.45) is 1.42. The number of carbonyl (C=O) groups is 1. The molecule has 116 valence electrons. The number of nitrogens with zero attached hydrogens (tertiary/aromatic N) is 1. The molecule has 0 unspecified atom stereocenters. The fraction of sp³-hybridized carbons (Fsp3) is 0.250. The molecule has 2 fully saturated rings. The predicted molar refractivity (Wildman–Crippen MR) is 89.0 cm³/mol. The minimum absolute atomic E-state index is 0.0355. The summed E-state index contributed by atoms with van der Waals surface area (Å²) in [6.45, 7) is 4.58. The maximum Gasteiger partial charge on any atom is 0.411 e. The first-order valence-corrected chi connectivity index (χ1v) is 7.94. The van der Waals surface area contributed by atoms with Crippen molar-refractivity contribution in [3.63, 3.8) is 0 Å². The second kappa shape index (κ2) is 5.27. The van der Waals surface area contributed by atoms with Crippen molar-refractivity contribution in [2.75, 3.05) is 6.61 Å². The zero-order valence-electron chi connectivity index (χ0n) is 12.9. The van der Waals surface area contributed by atoms with Gasteiger partial charge in [0.15, 0.2) is 0 Å². The van der Waals surface area contributed by atoms with Gasteiger partial charge in [-0.2, -0.15) is 0 Å². The Morgan fingerprint density at radius 1 is 1.09 bits per heavy atom. The maximum absolute atomic E-state index is 12.4. The highest BCUT2D eigenvalue weighted by Crippen LogP contribution is 2.54. The molecule has 1 saturated carbocycles. The normalized spacial score (nSPS) is 26.3. The maximum atomic E-state index is 12.4. The zero-order valence-corrected chi connectivity index (χ0v) is 12.9. The van der Waals surface area contributed by atoms with Crippen LogP contribution in [0.1, 0.15) is 23.6 Å². The standard InChI is InChI=1S/C20H19NO2/c1-15-12-20(15,13-16-8-4-2-5-9-16)21-18(14-23-19(21)22)17-10-6-3-7-11-17/h2-11,18H,1,12-14H2/t18-,20-/m1/s1. The smallest absolute Gasteiger partial charge is 0.411 e. The SMILES string of the molecule is C=C1C[C@]1(Cc1ccccc1)N1C(=O)OC[C@@H]1c1ccccc1. The lowest BCUT2D eigenvalue weighted by Crippen LogP contribution is -2.41. The quantitative estimate of drug-likeness (QED) is 0.795. The summed E-state index contributed by atoms with van der Waals surface area (Å²) in [5, 5.41) is 0. The van der Waals surface area contributed by atoms with Crippen LogP contribution in [0, 0.1) is 0 Å². The summed E-state index contributed by atoms with van der Waals surface area (Å²) in [6, 6.07) is 20.4. The van der Waals surface area contributed by atoms with Crippen LogP contribution in [0.3, 0.4) is 0 Å². The number of amides is 1. The molecule has 0 radical (unpaired) electrons. The van der Waals surface area contributed by atoms with Gasteiger partial charge >= 0.3 is 6.09 Å². The first kappa shape index (κ1) is 14.1. The van der Waals surface area contributed by atoms with Crippen molar-refractivity contribution >= 4 is 6.09 Å². The molecule has 0 bridgehead atoms. The lowest BCUT2D eigenvalue weighted by Gasteiger charge is -2.31. The summed E-state index contributed by atoms with van der Waals surface area (Å²) in [4.78, 5) is 14.4. The monoisotopic (exact) mass is 305 g/mol. The van der Waals surface area contributed by atoms with Gasteiger partial charge in [0, 0.05) is 6.42 Å². The Bertz CT molecular complexity index is 741. The Kier molecular flexibility index (Phi) is 3.22. The highest BCUT2D eigenvalue weighted by Gasteiger charge is 2.58. The lowest BCUT2D eigenvalue weighted by atomic mass is 9.98. The van der Waals surface area contributed by atoms with Crippen molar-refractivity contribution in [1.82, 2.24) is 4.90 Å². The van der Waals surface area contributed by atoms with Gasteiger partial charge in [-0.15, -0.1) is 0 Å². The van der Waals surface area contributed by atoms with Gasteiger partial charge in [0.1, 0.15) is 6.61 Å². The predicted octanol–water partition coefficient (Wildman–Crippen LogP) is 4.12. The van der Waals surface area contributed by atoms with Crippen molar-refractivity contribution < 1.29 is 9.53 Å². The number of carbonyl (C=O) groups excluding carboxylic acids is 1. The third kappa shape index (κ3) is 2.33. The second-order valence-corrected chi connectivity index (χ2v) is 6.35. The van der Waals surface area contributed by atoms with E-state index in [1.54, 1.807) is 0 Å². The molecule has 1 heterocycles. The van der Waals surface area contributed by atoms with E-state index in [4.69, 9.17) is 4.74 Å². The van der Waals surface area contributed by atoms with Gasteiger partial charge in [-0.25, -0.2) is 4.79 Å². The molecule has 1 aliphatic heterocycles. The van der Waals surface area contributed by atoms with Crippen molar-refractivity contribution in [2.45, 2.75) is 24.4 Å². The van der Waals surface area contributed by atoms with Crippen molar-refractivity contribution in [3.8, 4) is 0 Å². The van der Waals surface area contributed by atoms with Crippen LogP contribution in [0.5, 0.6) is 0 Å². The summed E-state index contributed by atoms with van der Waals surface area (Å²) in [5.41, 5.74) is 3.15. The molecule has 2 aromatic rings. The molecular formula is C20H19NO2. The van der Waals surface area contributed by atoms with Gasteiger partial charge in [-0.1, -0.05) is 67.2 Å². The number of hydrogen-bond acceptors (Lipinski definition) is 2. The molecule has 2 aliphatic rings. The van der Waals surface area contributed by atoms with Crippen molar-refractivity contribution in [3.05, 3.63) is 83.9 Å². The van der Waals surface area contributed by atoms with E-state index < -0.39 is 0 Å². The van der Waals surface area contributed by atoms with Crippen LogP contribution in [0.25, 0.3) is 0 Å². The van der Waals surface area contributed by atoms with Crippen LogP contribution in [0.4, 0.5) is 4.79 Å². The highest BCUT2D eigenvalue weighted by atomic mass is 16.6. The average Bonchev–Trinajstić information content (AvgIpc) is 3.04. The van der Waals surface area contributed by atoms with Crippen molar-refractivity contribution in [1.29, 1.82) is 0 Å². The van der Waals surface area contributed by atoms with E-state index in [1.807, 2.05) is 41.3 Å². The van der Waals surface area contributed by atoms with Gasteiger partial charge < -0.3 is 4.74 Å². The minimum Gasteiger partial charge on any atom is -0.447 e. The topological polar surface area (TPSA) is 29.5 Å². The molecule has 3 heteroatoms. The molecule has 1 amide bonds. The van der Waals surface area contributed by atoms with E-state index in [9.17, 15) is 4.79 Å². The molecule has 1 aliphatic carbocycles. The van der Waals surface area contributed by atoms with Gasteiger partial charge in [0.05, 0.1) is 11.6 Å². The fourth-order valence-electron chi connectivity index (χ4n) is 3.59. The number of rotatable bonds is 4. The molecular weight excluding hydrogens is 286 g/mol. The van der Waals surface area contributed by atoms with Gasteiger partial charge in [0.25, 0.3) is 0 Å². The average molecular weight is 305 g/mol. The van der Waals surface area contributed by atoms with Crippen LogP contribution in [-0.2, 0) is 11.2 Å². The summed E-state index contributed by atoms with van der Waals surface area (Å²) >= 11 is 0. The van der Waals surface area contributed by atoms with E-state index in [2.05, 4.69) is 30.8 Å². The first-order chi connectivity index (χ1) is 11.2. The van der Waals surface area contributed by atoms with Gasteiger partial charge in [-0.3, -0.25) is 4.90 Å². The van der Waals surface area contributed by atoms with Crippen LogP contribution in [-0.4, -0.2) is 23.1 Å². The Morgan fingerprint density at radius 3 is 2.30 bits per heavy atom. The molecule has 0 N–H and O–H groups in total. The van der Waals surface area contributed by atoms with E-state index >= 15 is 0 Å². The Balaban J connectivity index is 1.68.